The van der Waals surface area contributed by atoms with Gasteiger partial charge in [-0.2, -0.15) is 0 Å². The number of hydrogen-bond donors (Lipinski definition) is 0. The molecule has 6 nitrogen and oxygen atoms in total. The van der Waals surface area contributed by atoms with E-state index < -0.39 is 10.7 Å². The summed E-state index contributed by atoms with van der Waals surface area (Å²) in [7, 11) is 6.17. The molecule has 3 aliphatic rings. The van der Waals surface area contributed by atoms with E-state index in [0.29, 0.717) is 13.1 Å². The molecule has 3 aliphatic heterocycles. The summed E-state index contributed by atoms with van der Waals surface area (Å²) in [6.07, 6.45) is 0. The lowest BCUT2D eigenvalue weighted by Gasteiger charge is -2.48. The van der Waals surface area contributed by atoms with E-state index in [0.717, 1.165) is 22.6 Å². The van der Waals surface area contributed by atoms with E-state index in [2.05, 4.69) is 0 Å². The molecule has 0 aliphatic carbocycles. The standard InChI is InChI=1S/C20H20N2O4S2/c1-25-15-7-3-13(4-8-15)11-21-17(23)20-22(18(24)19(21)27-28-20)12-14-5-9-16(26-2)10-6-14/h3-10,19-20H,11-12H2,1-2H3. The Labute approximate surface area is 171 Å². The highest BCUT2D eigenvalue weighted by molar-refractivity contribution is 8.77. The molecule has 8 heteroatoms. The van der Waals surface area contributed by atoms with Crippen LogP contribution in [0.1, 0.15) is 11.1 Å². The first-order valence-electron chi connectivity index (χ1n) is 8.79. The highest BCUT2D eigenvalue weighted by Crippen LogP contribution is 2.47. The quantitative estimate of drug-likeness (QED) is 0.675. The van der Waals surface area contributed by atoms with Crippen molar-refractivity contribution in [3.63, 3.8) is 0 Å². The third-order valence-corrected chi connectivity index (χ3v) is 7.63. The molecular weight excluding hydrogens is 396 g/mol. The molecule has 2 aromatic carbocycles. The zero-order valence-corrected chi connectivity index (χ0v) is 17.2. The van der Waals surface area contributed by atoms with Crippen LogP contribution in [0.4, 0.5) is 0 Å². The first kappa shape index (κ1) is 19.0. The van der Waals surface area contributed by atoms with Crippen LogP contribution in [-0.2, 0) is 22.7 Å². The number of nitrogens with zero attached hydrogens (tertiary/aromatic N) is 2. The third-order valence-electron chi connectivity index (χ3n) is 4.82. The number of fused-ring (bicyclic) bond motifs is 3. The fraction of sp³-hybridized carbons (Fsp3) is 0.300. The predicted octanol–water partition coefficient (Wildman–Crippen LogP) is 3.12. The lowest BCUT2D eigenvalue weighted by Crippen LogP contribution is -2.64. The molecule has 2 amide bonds. The zero-order valence-electron chi connectivity index (χ0n) is 15.5. The van der Waals surface area contributed by atoms with E-state index in [1.165, 1.54) is 21.6 Å². The van der Waals surface area contributed by atoms with Gasteiger partial charge in [0.2, 0.25) is 0 Å². The number of ether oxygens (including phenoxy) is 2. The molecule has 0 N–H and O–H groups in total. The van der Waals surface area contributed by atoms with Crippen LogP contribution < -0.4 is 9.47 Å². The maximum atomic E-state index is 13.0. The summed E-state index contributed by atoms with van der Waals surface area (Å²) in [5.74, 6) is 1.50. The highest BCUT2D eigenvalue weighted by atomic mass is 33.1. The molecule has 2 atom stereocenters. The normalized spacial score (nSPS) is 21.2. The van der Waals surface area contributed by atoms with Gasteiger partial charge in [-0.05, 0) is 35.4 Å². The summed E-state index contributed by atoms with van der Waals surface area (Å²) >= 11 is 0. The Morgan fingerprint density at radius 3 is 1.39 bits per heavy atom. The van der Waals surface area contributed by atoms with E-state index in [1.807, 2.05) is 48.5 Å². The van der Waals surface area contributed by atoms with Gasteiger partial charge in [0.25, 0.3) is 11.8 Å². The van der Waals surface area contributed by atoms with Crippen molar-refractivity contribution in [2.75, 3.05) is 14.2 Å². The van der Waals surface area contributed by atoms with Crippen LogP contribution in [0, 0.1) is 0 Å². The molecule has 146 valence electrons. The van der Waals surface area contributed by atoms with Gasteiger partial charge in [-0.25, -0.2) is 0 Å². The van der Waals surface area contributed by atoms with Gasteiger partial charge in [0, 0.05) is 13.1 Å². The number of methoxy groups -OCH3 is 2. The van der Waals surface area contributed by atoms with Crippen molar-refractivity contribution < 1.29 is 19.1 Å². The van der Waals surface area contributed by atoms with Gasteiger partial charge in [-0.15, -0.1) is 0 Å². The smallest absolute Gasteiger partial charge is 0.258 e. The van der Waals surface area contributed by atoms with Crippen molar-refractivity contribution in [3.8, 4) is 11.5 Å². The van der Waals surface area contributed by atoms with Crippen LogP contribution in [0.25, 0.3) is 0 Å². The van der Waals surface area contributed by atoms with Crippen LogP contribution >= 0.6 is 21.6 Å². The van der Waals surface area contributed by atoms with Gasteiger partial charge < -0.3 is 19.3 Å². The Hall–Kier alpha value is -2.32. The summed E-state index contributed by atoms with van der Waals surface area (Å²) in [4.78, 5) is 29.4. The van der Waals surface area contributed by atoms with Crippen molar-refractivity contribution in [2.24, 2.45) is 0 Å². The molecule has 0 saturated carbocycles. The minimum absolute atomic E-state index is 0.0160. The summed E-state index contributed by atoms with van der Waals surface area (Å²) in [5, 5.41) is -0.995. The average molecular weight is 417 g/mol. The van der Waals surface area contributed by atoms with E-state index in [4.69, 9.17) is 9.47 Å². The van der Waals surface area contributed by atoms with Gasteiger partial charge >= 0.3 is 0 Å². The average Bonchev–Trinajstić information content (AvgIpc) is 2.73. The molecule has 5 rings (SSSR count). The summed E-state index contributed by atoms with van der Waals surface area (Å²) in [6, 6.07) is 15.1. The maximum absolute atomic E-state index is 13.0. The van der Waals surface area contributed by atoms with Crippen LogP contribution in [0.3, 0.4) is 0 Å². The number of amides is 2. The van der Waals surface area contributed by atoms with Gasteiger partial charge in [0.15, 0.2) is 10.7 Å². The number of rotatable bonds is 6. The summed E-state index contributed by atoms with van der Waals surface area (Å²) in [5.41, 5.74) is 1.95. The fourth-order valence-electron chi connectivity index (χ4n) is 3.25. The number of carbonyl (C=O) groups is 2. The largest absolute Gasteiger partial charge is 0.497 e. The van der Waals surface area contributed by atoms with E-state index in [-0.39, 0.29) is 11.8 Å². The van der Waals surface area contributed by atoms with Crippen molar-refractivity contribution in [1.29, 1.82) is 0 Å². The first-order valence-corrected chi connectivity index (χ1v) is 11.1. The molecule has 3 fully saturated rings. The number of carbonyl (C=O) groups excluding carboxylic acids is 2. The maximum Gasteiger partial charge on any atom is 0.258 e. The predicted molar refractivity (Wildman–Crippen MR) is 110 cm³/mol. The molecule has 2 bridgehead atoms. The molecule has 2 aromatic rings. The van der Waals surface area contributed by atoms with Crippen molar-refractivity contribution in [1.82, 2.24) is 9.80 Å². The van der Waals surface area contributed by atoms with E-state index >= 15 is 0 Å². The molecule has 28 heavy (non-hydrogen) atoms. The fourth-order valence-corrected chi connectivity index (χ4v) is 6.21. The molecule has 0 aromatic heterocycles. The SMILES string of the molecule is COc1ccc(CN2C(=O)C3SSC2C(=O)N3Cc2ccc(OC)cc2)cc1. The van der Waals surface area contributed by atoms with Gasteiger partial charge in [-0.1, -0.05) is 45.9 Å². The minimum Gasteiger partial charge on any atom is -0.497 e. The van der Waals surface area contributed by atoms with Crippen LogP contribution in [0.15, 0.2) is 48.5 Å². The lowest BCUT2D eigenvalue weighted by atomic mass is 10.1. The molecule has 0 radical (unpaired) electrons. The van der Waals surface area contributed by atoms with Gasteiger partial charge in [0.05, 0.1) is 14.2 Å². The Balaban J connectivity index is 1.49. The molecule has 0 spiro atoms. The third kappa shape index (κ3) is 3.54. The van der Waals surface area contributed by atoms with Gasteiger partial charge in [0.1, 0.15) is 11.5 Å². The van der Waals surface area contributed by atoms with E-state index in [1.54, 1.807) is 24.0 Å². The Morgan fingerprint density at radius 2 is 1.07 bits per heavy atom. The van der Waals surface area contributed by atoms with Crippen LogP contribution in [0.5, 0.6) is 11.5 Å². The Kier molecular flexibility index (Phi) is 5.41. The summed E-state index contributed by atoms with van der Waals surface area (Å²) < 4.78 is 10.4. The zero-order chi connectivity index (χ0) is 19.7. The molecule has 3 heterocycles. The van der Waals surface area contributed by atoms with Crippen molar-refractivity contribution in [2.45, 2.75) is 23.8 Å². The second-order valence-electron chi connectivity index (χ2n) is 6.53. The number of piperazine rings is 1. The second-order valence-corrected chi connectivity index (χ2v) is 8.96. The van der Waals surface area contributed by atoms with Crippen LogP contribution in [0.2, 0.25) is 0 Å². The Morgan fingerprint density at radius 1 is 0.714 bits per heavy atom. The molecule has 2 unspecified atom stereocenters. The number of hydrogen-bond acceptors (Lipinski definition) is 6. The van der Waals surface area contributed by atoms with Crippen molar-refractivity contribution >= 4 is 33.4 Å². The minimum atomic E-state index is -0.497. The van der Waals surface area contributed by atoms with E-state index in [9.17, 15) is 9.59 Å². The van der Waals surface area contributed by atoms with Gasteiger partial charge in [-0.3, -0.25) is 9.59 Å². The second kappa shape index (κ2) is 7.97. The van der Waals surface area contributed by atoms with Crippen LogP contribution in [-0.4, -0.2) is 46.6 Å². The molecular formula is C20H20N2O4S2. The molecule has 3 saturated heterocycles. The lowest BCUT2D eigenvalue weighted by molar-refractivity contribution is -0.155. The first-order chi connectivity index (χ1) is 13.6. The Bertz CT molecular complexity index is 799. The highest BCUT2D eigenvalue weighted by Gasteiger charge is 2.51. The van der Waals surface area contributed by atoms with Crippen molar-refractivity contribution in [3.05, 3.63) is 59.7 Å². The monoisotopic (exact) mass is 416 g/mol. The topological polar surface area (TPSA) is 59.1 Å². The number of benzene rings is 2. The summed E-state index contributed by atoms with van der Waals surface area (Å²) in [6.45, 7) is 0.833.